The average Bonchev–Trinajstić information content (AvgIpc) is 3.45. The van der Waals surface area contributed by atoms with E-state index in [4.69, 9.17) is 9.05 Å². The van der Waals surface area contributed by atoms with Gasteiger partial charge < -0.3 is 10.2 Å². The number of carbonyl (C=O) groups excluding carboxylic acids is 4. The topological polar surface area (TPSA) is 217 Å². The van der Waals surface area contributed by atoms with E-state index in [1.807, 2.05) is 0 Å². The van der Waals surface area contributed by atoms with Crippen molar-refractivity contribution < 1.29 is 58.9 Å². The maximum atomic E-state index is 14.6. The Bertz CT molecular complexity index is 2210. The van der Waals surface area contributed by atoms with E-state index >= 15 is 0 Å². The Labute approximate surface area is 277 Å². The molecule has 0 aromatic heterocycles. The van der Waals surface area contributed by atoms with Crippen LogP contribution in [0, 0.1) is 34.5 Å². The van der Waals surface area contributed by atoms with Gasteiger partial charge in [-0.05, 0) is 12.1 Å². The van der Waals surface area contributed by atoms with Crippen molar-refractivity contribution in [3.05, 3.63) is 88.0 Å². The van der Waals surface area contributed by atoms with Gasteiger partial charge >= 0.3 is 250 Å². The molecule has 48 heavy (non-hydrogen) atoms. The molecule has 8 unspecified atom stereocenters. The monoisotopic (exact) mass is 758 g/mol. The summed E-state index contributed by atoms with van der Waals surface area (Å²) in [7, 11) is 0. The number of benzene rings is 3. The Hall–Kier alpha value is -4.84. The van der Waals surface area contributed by atoms with E-state index in [1.54, 1.807) is 24.3 Å². The molecule has 2 spiro atoms. The Kier molecular flexibility index (Phi) is 5.05. The number of allylic oxidation sites excluding steroid dienone is 2. The molecule has 3 aromatic rings. The molecular formula is C34H21O13Sb. The van der Waals surface area contributed by atoms with Gasteiger partial charge in [-0.15, -0.1) is 0 Å². The standard InChI is InChI=1S/C28H18O11.C6H6O2.Sb/c29-8-1-3-10(31)14-12(8)20(33)6-5-7-21(34)16(27(6,7)25(14)38)17-23(36)19-24(37)18-22(35)13-9(30)2-4-11(32)15(13)26(39)28(17,18)19;7-5-3-1-2-4-6(5)8;/h1-5,7,16-17,19,21,23,29-32,34-36H;1-4,7-8H;/q;;+3/p-3. The van der Waals surface area contributed by atoms with Crippen molar-refractivity contribution in [3.63, 3.8) is 0 Å². The molecule has 0 amide bonds. The van der Waals surface area contributed by atoms with Crippen LogP contribution in [0.3, 0.4) is 0 Å². The summed E-state index contributed by atoms with van der Waals surface area (Å²) in [5.41, 5.74) is -5.59. The van der Waals surface area contributed by atoms with Crippen molar-refractivity contribution in [1.82, 2.24) is 0 Å². The van der Waals surface area contributed by atoms with Gasteiger partial charge in [0.1, 0.15) is 5.75 Å². The van der Waals surface area contributed by atoms with Gasteiger partial charge in [0.15, 0.2) is 0 Å². The molecule has 0 bridgehead atoms. The molecule has 14 heteroatoms. The molecule has 0 radical (unpaired) electrons. The third kappa shape index (κ3) is 2.72. The number of rotatable bonds is 3. The van der Waals surface area contributed by atoms with Crippen LogP contribution in [0.5, 0.6) is 34.5 Å². The van der Waals surface area contributed by atoms with E-state index in [0.29, 0.717) is 11.5 Å². The van der Waals surface area contributed by atoms with E-state index < -0.39 is 131 Å². The van der Waals surface area contributed by atoms with Crippen LogP contribution in [0.4, 0.5) is 0 Å². The predicted molar refractivity (Wildman–Crippen MR) is 158 cm³/mol. The number of hydrogen-bond acceptors (Lipinski definition) is 13. The summed E-state index contributed by atoms with van der Waals surface area (Å²) in [6, 6.07) is 11.5. The number of aromatic hydroxyl groups is 3. The van der Waals surface area contributed by atoms with Gasteiger partial charge in [-0.25, -0.2) is 0 Å². The molecule has 10 rings (SSSR count). The second-order valence-electron chi connectivity index (χ2n) is 13.1. The molecule has 3 saturated carbocycles. The molecular weight excluding hydrogens is 738 g/mol. The van der Waals surface area contributed by atoms with Crippen LogP contribution in [-0.2, 0) is 4.79 Å². The number of Topliss-reactive ketones (excluding diaryl/α,β-unsaturated/α-hetero) is 4. The maximum absolute atomic E-state index is 14.6. The molecule has 13 nitrogen and oxygen atoms in total. The SMILES string of the molecule is O=C1C2=CC3C(O)C(C4C(O)C5C(=O)C6=C(O)c7c(O)ccc(O)c7C(=O)C654)C23C(=O)c2c(O)ccc([O][Sb]3[O]c4ccccc4[O]3)c21. The van der Waals surface area contributed by atoms with Gasteiger partial charge in [0.05, 0.1) is 0 Å². The number of hydrogen-bond donors (Lipinski definition) is 6. The first-order chi connectivity index (χ1) is 23.0. The second kappa shape index (κ2) is 8.59. The summed E-state index contributed by atoms with van der Waals surface area (Å²) in [6.07, 6.45) is -1.47. The molecule has 1 heterocycles. The van der Waals surface area contributed by atoms with Crippen LogP contribution in [-0.4, -0.2) is 87.5 Å². The summed E-state index contributed by atoms with van der Waals surface area (Å²) in [5.74, 6) is -9.47. The van der Waals surface area contributed by atoms with Crippen LogP contribution < -0.4 is 9.05 Å². The molecule has 6 aliphatic carbocycles. The fourth-order valence-corrected chi connectivity index (χ4v) is 12.6. The second-order valence-corrected chi connectivity index (χ2v) is 15.9. The third-order valence-corrected chi connectivity index (χ3v) is 14.4. The summed E-state index contributed by atoms with van der Waals surface area (Å²) >= 11 is -3.46. The Balaban J connectivity index is 1.08. The Morgan fingerprint density at radius 3 is 1.92 bits per heavy atom. The van der Waals surface area contributed by atoms with Crippen molar-refractivity contribution in [3.8, 4) is 34.5 Å². The van der Waals surface area contributed by atoms with E-state index in [-0.39, 0.29) is 22.4 Å². The zero-order chi connectivity index (χ0) is 33.3. The van der Waals surface area contributed by atoms with Crippen molar-refractivity contribution in [2.24, 2.45) is 34.5 Å². The molecule has 6 N–H and O–H groups in total. The molecule has 0 saturated heterocycles. The van der Waals surface area contributed by atoms with E-state index in [9.17, 15) is 49.8 Å². The number of aliphatic hydroxyl groups is 3. The molecule has 7 aliphatic rings. The number of para-hydroxylation sites is 2. The summed E-state index contributed by atoms with van der Waals surface area (Å²) in [5, 5.41) is 66.3. The molecule has 3 fully saturated rings. The fourth-order valence-electron chi connectivity index (χ4n) is 9.60. The first-order valence-electron chi connectivity index (χ1n) is 15.0. The Morgan fingerprint density at radius 1 is 0.688 bits per heavy atom. The molecule has 240 valence electrons. The quantitative estimate of drug-likeness (QED) is 0.166. The van der Waals surface area contributed by atoms with Gasteiger partial charge in [0, 0.05) is 0 Å². The minimum atomic E-state index is -3.46. The summed E-state index contributed by atoms with van der Waals surface area (Å²) in [6.45, 7) is 0. The number of carbonyl (C=O) groups is 4. The zero-order valence-electron chi connectivity index (χ0n) is 24.1. The van der Waals surface area contributed by atoms with Crippen molar-refractivity contribution in [1.29, 1.82) is 0 Å². The molecule has 8 atom stereocenters. The molecule has 3 aromatic carbocycles. The van der Waals surface area contributed by atoms with Crippen molar-refractivity contribution >= 4 is 50.4 Å². The van der Waals surface area contributed by atoms with Crippen LogP contribution in [0.25, 0.3) is 5.76 Å². The van der Waals surface area contributed by atoms with Crippen LogP contribution in [0.2, 0.25) is 0 Å². The van der Waals surface area contributed by atoms with Gasteiger partial charge in [-0.3, -0.25) is 0 Å². The summed E-state index contributed by atoms with van der Waals surface area (Å²) in [4.78, 5) is 56.4. The molecule has 1 aliphatic heterocycles. The Morgan fingerprint density at radius 2 is 1.25 bits per heavy atom. The average molecular weight is 759 g/mol. The van der Waals surface area contributed by atoms with E-state index in [1.165, 1.54) is 18.2 Å². The summed E-state index contributed by atoms with van der Waals surface area (Å²) < 4.78 is 17.7. The number of phenols is 3. The predicted octanol–water partition coefficient (Wildman–Crippen LogP) is 1.89. The van der Waals surface area contributed by atoms with Crippen LogP contribution in [0.1, 0.15) is 36.6 Å². The van der Waals surface area contributed by atoms with Gasteiger partial charge in [0.25, 0.3) is 0 Å². The minimum absolute atomic E-state index is 0.0177. The van der Waals surface area contributed by atoms with Crippen molar-refractivity contribution in [2.75, 3.05) is 0 Å². The van der Waals surface area contributed by atoms with E-state index in [2.05, 4.69) is 0 Å². The number of aliphatic hydroxyl groups excluding tert-OH is 3. The van der Waals surface area contributed by atoms with Crippen molar-refractivity contribution in [2.45, 2.75) is 12.2 Å². The number of fused-ring (bicyclic) bond motifs is 3. The van der Waals surface area contributed by atoms with Gasteiger partial charge in [0.2, 0.25) is 0 Å². The van der Waals surface area contributed by atoms with Gasteiger partial charge in [-0.1, -0.05) is 0 Å². The fraction of sp³-hybridized carbons (Fsp3) is 0.235. The van der Waals surface area contributed by atoms with E-state index in [0.717, 1.165) is 12.1 Å². The zero-order valence-corrected chi connectivity index (χ0v) is 26.7. The van der Waals surface area contributed by atoms with Crippen LogP contribution in [0.15, 0.2) is 65.8 Å². The first-order valence-corrected chi connectivity index (χ1v) is 18.1. The third-order valence-electron chi connectivity index (χ3n) is 11.5. The first kappa shape index (κ1) is 28.2. The van der Waals surface area contributed by atoms with Gasteiger partial charge in [-0.2, -0.15) is 0 Å². The van der Waals surface area contributed by atoms with Crippen LogP contribution >= 0.6 is 0 Å². The number of phenolic OH excluding ortho intramolecular Hbond substituents is 3. The number of ketones is 4. The normalized spacial score (nSPS) is 34.6.